The second kappa shape index (κ2) is 6.75. The van der Waals surface area contributed by atoms with Crippen molar-refractivity contribution >= 4 is 11.6 Å². The molecule has 0 bridgehead atoms. The molecule has 0 radical (unpaired) electrons. The molecule has 4 heteroatoms. The van der Waals surface area contributed by atoms with Crippen LogP contribution < -0.4 is 15.5 Å². The summed E-state index contributed by atoms with van der Waals surface area (Å²) >= 11 is 0. The lowest BCUT2D eigenvalue weighted by Gasteiger charge is -2.22. The van der Waals surface area contributed by atoms with Gasteiger partial charge < -0.3 is 15.5 Å². The van der Waals surface area contributed by atoms with Crippen molar-refractivity contribution in [1.29, 1.82) is 0 Å². The molecule has 20 heavy (non-hydrogen) atoms. The lowest BCUT2D eigenvalue weighted by atomic mass is 10.1. The van der Waals surface area contributed by atoms with Crippen LogP contribution in [-0.4, -0.2) is 32.1 Å². The van der Waals surface area contributed by atoms with Crippen LogP contribution in [0.2, 0.25) is 0 Å². The first-order valence-electron chi connectivity index (χ1n) is 7.01. The van der Waals surface area contributed by atoms with Crippen molar-refractivity contribution in [2.45, 2.75) is 39.3 Å². The zero-order chi connectivity index (χ0) is 15.3. The Morgan fingerprint density at radius 1 is 1.20 bits per heavy atom. The van der Waals surface area contributed by atoms with E-state index in [1.54, 1.807) is 0 Å². The highest BCUT2D eigenvalue weighted by molar-refractivity contribution is 5.78. The molecule has 1 atom stereocenters. The third-order valence-corrected chi connectivity index (χ3v) is 2.99. The van der Waals surface area contributed by atoms with Crippen LogP contribution >= 0.6 is 0 Å². The van der Waals surface area contributed by atoms with E-state index in [4.69, 9.17) is 0 Å². The third kappa shape index (κ3) is 5.61. The summed E-state index contributed by atoms with van der Waals surface area (Å²) in [6, 6.07) is 8.51. The summed E-state index contributed by atoms with van der Waals surface area (Å²) in [5, 5.41) is 6.19. The van der Waals surface area contributed by atoms with E-state index in [-0.39, 0.29) is 17.5 Å². The Hall–Kier alpha value is -1.55. The highest BCUT2D eigenvalue weighted by atomic mass is 16.2. The summed E-state index contributed by atoms with van der Waals surface area (Å²) in [6.07, 6.45) is 0. The van der Waals surface area contributed by atoms with Gasteiger partial charge in [-0.1, -0.05) is 12.1 Å². The predicted octanol–water partition coefficient (Wildman–Crippen LogP) is 2.32. The fraction of sp³-hybridized carbons (Fsp3) is 0.562. The van der Waals surface area contributed by atoms with Gasteiger partial charge in [0.05, 0.1) is 6.54 Å². The molecule has 0 aliphatic rings. The molecule has 1 aromatic rings. The number of benzene rings is 1. The summed E-state index contributed by atoms with van der Waals surface area (Å²) < 4.78 is 0. The summed E-state index contributed by atoms with van der Waals surface area (Å²) in [5.74, 6) is 0.0225. The molecule has 0 aliphatic heterocycles. The number of hydrogen-bond acceptors (Lipinski definition) is 3. The molecule has 1 aromatic carbocycles. The van der Waals surface area contributed by atoms with Crippen molar-refractivity contribution in [2.24, 2.45) is 0 Å². The van der Waals surface area contributed by atoms with Crippen molar-refractivity contribution in [3.05, 3.63) is 29.8 Å². The smallest absolute Gasteiger partial charge is 0.234 e. The molecule has 1 unspecified atom stereocenters. The summed E-state index contributed by atoms with van der Waals surface area (Å²) in [6.45, 7) is 8.33. The van der Waals surface area contributed by atoms with Crippen molar-refractivity contribution in [2.75, 3.05) is 25.5 Å². The second-order valence-corrected chi connectivity index (χ2v) is 6.39. The molecule has 2 N–H and O–H groups in total. The maximum atomic E-state index is 11.8. The summed E-state index contributed by atoms with van der Waals surface area (Å²) in [7, 11) is 4.04. The fourth-order valence-electron chi connectivity index (χ4n) is 1.89. The molecule has 4 nitrogen and oxygen atoms in total. The zero-order valence-corrected chi connectivity index (χ0v) is 13.4. The molecular formula is C16H27N3O. The highest BCUT2D eigenvalue weighted by Crippen LogP contribution is 2.17. The van der Waals surface area contributed by atoms with E-state index in [1.807, 2.05) is 34.9 Å². The Morgan fingerprint density at radius 3 is 2.20 bits per heavy atom. The lowest BCUT2D eigenvalue weighted by molar-refractivity contribution is -0.121. The topological polar surface area (TPSA) is 44.4 Å². The van der Waals surface area contributed by atoms with Crippen molar-refractivity contribution in [3.63, 3.8) is 0 Å². The lowest BCUT2D eigenvalue weighted by Crippen LogP contribution is -2.45. The van der Waals surface area contributed by atoms with Gasteiger partial charge in [-0.15, -0.1) is 0 Å². The van der Waals surface area contributed by atoms with Crippen molar-refractivity contribution < 1.29 is 4.79 Å². The average Bonchev–Trinajstić information content (AvgIpc) is 2.34. The van der Waals surface area contributed by atoms with Crippen LogP contribution in [-0.2, 0) is 4.79 Å². The highest BCUT2D eigenvalue weighted by Gasteiger charge is 2.14. The molecule has 0 fully saturated rings. The van der Waals surface area contributed by atoms with E-state index < -0.39 is 0 Å². The predicted molar refractivity (Wildman–Crippen MR) is 85.1 cm³/mol. The van der Waals surface area contributed by atoms with E-state index in [0.29, 0.717) is 6.54 Å². The molecule has 1 rings (SSSR count). The Kier molecular flexibility index (Phi) is 5.57. The molecule has 0 aliphatic carbocycles. The number of nitrogens with zero attached hydrogens (tertiary/aromatic N) is 1. The Labute approximate surface area is 122 Å². The van der Waals surface area contributed by atoms with Gasteiger partial charge in [-0.05, 0) is 45.4 Å². The normalized spacial score (nSPS) is 12.9. The Bertz CT molecular complexity index is 432. The Balaban J connectivity index is 2.50. The van der Waals surface area contributed by atoms with Gasteiger partial charge in [0.25, 0.3) is 0 Å². The average molecular weight is 277 g/mol. The van der Waals surface area contributed by atoms with Crippen LogP contribution in [0.3, 0.4) is 0 Å². The first kappa shape index (κ1) is 16.5. The molecule has 112 valence electrons. The number of nitrogens with one attached hydrogen (secondary N) is 2. The van der Waals surface area contributed by atoms with Gasteiger partial charge in [0.15, 0.2) is 0 Å². The number of carbonyl (C=O) groups is 1. The molecule has 0 saturated carbocycles. The largest absolute Gasteiger partial charge is 0.378 e. The van der Waals surface area contributed by atoms with Crippen LogP contribution in [0.5, 0.6) is 0 Å². The molecule has 0 spiro atoms. The first-order chi connectivity index (χ1) is 9.19. The van der Waals surface area contributed by atoms with Gasteiger partial charge in [0.1, 0.15) is 0 Å². The number of anilines is 1. The Morgan fingerprint density at radius 2 is 1.75 bits per heavy atom. The van der Waals surface area contributed by atoms with Crippen LogP contribution in [0.1, 0.15) is 39.3 Å². The van der Waals surface area contributed by atoms with Gasteiger partial charge in [-0.25, -0.2) is 0 Å². The number of amides is 1. The standard InChI is InChI=1S/C16H27N3O/c1-12(17-11-15(20)18-16(2,3)4)13-7-9-14(10-8-13)19(5)6/h7-10,12,17H,11H2,1-6H3,(H,18,20). The van der Waals surface area contributed by atoms with E-state index in [0.717, 1.165) is 0 Å². The van der Waals surface area contributed by atoms with Gasteiger partial charge in [-0.2, -0.15) is 0 Å². The summed E-state index contributed by atoms with van der Waals surface area (Å²) in [4.78, 5) is 13.8. The van der Waals surface area contributed by atoms with E-state index in [2.05, 4.69) is 46.7 Å². The summed E-state index contributed by atoms with van der Waals surface area (Å²) in [5.41, 5.74) is 2.17. The molecule has 0 heterocycles. The minimum Gasteiger partial charge on any atom is -0.378 e. The van der Waals surface area contributed by atoms with Gasteiger partial charge >= 0.3 is 0 Å². The van der Waals surface area contributed by atoms with E-state index in [1.165, 1.54) is 11.3 Å². The molecular weight excluding hydrogens is 250 g/mol. The second-order valence-electron chi connectivity index (χ2n) is 6.39. The van der Waals surface area contributed by atoms with E-state index in [9.17, 15) is 4.79 Å². The van der Waals surface area contributed by atoms with Crippen LogP contribution in [0, 0.1) is 0 Å². The van der Waals surface area contributed by atoms with Crippen LogP contribution in [0.15, 0.2) is 24.3 Å². The quantitative estimate of drug-likeness (QED) is 0.868. The molecule has 1 amide bonds. The van der Waals surface area contributed by atoms with Crippen molar-refractivity contribution in [3.8, 4) is 0 Å². The monoisotopic (exact) mass is 277 g/mol. The first-order valence-corrected chi connectivity index (χ1v) is 7.01. The fourth-order valence-corrected chi connectivity index (χ4v) is 1.89. The maximum absolute atomic E-state index is 11.8. The SMILES string of the molecule is CC(NCC(=O)NC(C)(C)C)c1ccc(N(C)C)cc1. The van der Waals surface area contributed by atoms with Gasteiger partial charge in [0.2, 0.25) is 5.91 Å². The minimum absolute atomic E-state index is 0.0225. The zero-order valence-electron chi connectivity index (χ0n) is 13.4. The number of rotatable bonds is 5. The van der Waals surface area contributed by atoms with Gasteiger partial charge in [-0.3, -0.25) is 4.79 Å². The van der Waals surface area contributed by atoms with Gasteiger partial charge in [0, 0.05) is 31.4 Å². The van der Waals surface area contributed by atoms with Crippen LogP contribution in [0.4, 0.5) is 5.69 Å². The minimum atomic E-state index is -0.185. The third-order valence-electron chi connectivity index (χ3n) is 2.99. The molecule has 0 saturated heterocycles. The van der Waals surface area contributed by atoms with Crippen LogP contribution in [0.25, 0.3) is 0 Å². The van der Waals surface area contributed by atoms with Crippen molar-refractivity contribution in [1.82, 2.24) is 10.6 Å². The maximum Gasteiger partial charge on any atom is 0.234 e. The number of carbonyl (C=O) groups excluding carboxylic acids is 1. The van der Waals surface area contributed by atoms with E-state index >= 15 is 0 Å². The molecule has 0 aromatic heterocycles. The number of hydrogen-bond donors (Lipinski definition) is 2.